The van der Waals surface area contributed by atoms with Crippen LogP contribution in [0.5, 0.6) is 0 Å². The van der Waals surface area contributed by atoms with Crippen molar-refractivity contribution in [3.05, 3.63) is 59.4 Å². The van der Waals surface area contributed by atoms with E-state index in [-0.39, 0.29) is 11.3 Å². The fourth-order valence-electron chi connectivity index (χ4n) is 3.86. The van der Waals surface area contributed by atoms with Crippen LogP contribution in [0.1, 0.15) is 17.5 Å². The van der Waals surface area contributed by atoms with Crippen LogP contribution < -0.4 is 4.90 Å². The average Bonchev–Trinajstić information content (AvgIpc) is 3.27. The zero-order valence-electron chi connectivity index (χ0n) is 15.3. The van der Waals surface area contributed by atoms with E-state index in [1.807, 2.05) is 12.1 Å². The molecule has 0 N–H and O–H groups in total. The van der Waals surface area contributed by atoms with Gasteiger partial charge in [0.05, 0.1) is 4.90 Å². The van der Waals surface area contributed by atoms with E-state index in [9.17, 15) is 22.0 Å². The van der Waals surface area contributed by atoms with E-state index in [0.29, 0.717) is 18.5 Å². The van der Waals surface area contributed by atoms with Gasteiger partial charge in [0, 0.05) is 25.2 Å². The summed E-state index contributed by atoms with van der Waals surface area (Å²) < 4.78 is 55.1. The van der Waals surface area contributed by atoms with Gasteiger partial charge in [-0.15, -0.1) is 0 Å². The summed E-state index contributed by atoms with van der Waals surface area (Å²) in [7, 11) is -4.21. The van der Waals surface area contributed by atoms with Crippen LogP contribution in [0.25, 0.3) is 0 Å². The Morgan fingerprint density at radius 1 is 1.18 bits per heavy atom. The topological polar surface area (TPSA) is 57.7 Å². The minimum absolute atomic E-state index is 0.203. The van der Waals surface area contributed by atoms with Crippen molar-refractivity contribution in [3.63, 3.8) is 0 Å². The molecular weight excluding hydrogens is 386 g/mol. The quantitative estimate of drug-likeness (QED) is 0.788. The van der Waals surface area contributed by atoms with Gasteiger partial charge in [-0.05, 0) is 42.7 Å². The smallest absolute Gasteiger partial charge is 0.245 e. The van der Waals surface area contributed by atoms with Gasteiger partial charge in [-0.2, -0.15) is 4.31 Å². The van der Waals surface area contributed by atoms with Crippen LogP contribution in [0.2, 0.25) is 0 Å². The molecule has 5 nitrogen and oxygen atoms in total. The summed E-state index contributed by atoms with van der Waals surface area (Å²) in [6.07, 6.45) is -0.980. The zero-order valence-corrected chi connectivity index (χ0v) is 16.1. The molecule has 148 valence electrons. The molecule has 0 aliphatic carbocycles. The number of halogens is 2. The summed E-state index contributed by atoms with van der Waals surface area (Å²) in [4.78, 5) is 14.4. The number of hydrogen-bond acceptors (Lipinski definition) is 3. The minimum Gasteiger partial charge on any atom is -0.310 e. The van der Waals surface area contributed by atoms with Gasteiger partial charge in [-0.3, -0.25) is 4.79 Å². The van der Waals surface area contributed by atoms with E-state index in [4.69, 9.17) is 0 Å². The predicted molar refractivity (Wildman–Crippen MR) is 101 cm³/mol. The van der Waals surface area contributed by atoms with E-state index in [1.54, 1.807) is 12.1 Å². The maximum atomic E-state index is 14.2. The highest BCUT2D eigenvalue weighted by molar-refractivity contribution is 7.89. The highest BCUT2D eigenvalue weighted by Gasteiger charge is 2.46. The number of hydrogen-bond donors (Lipinski definition) is 0. The molecule has 0 unspecified atom stereocenters. The van der Waals surface area contributed by atoms with Crippen molar-refractivity contribution >= 4 is 21.6 Å². The van der Waals surface area contributed by atoms with Gasteiger partial charge in [0.1, 0.15) is 18.0 Å². The lowest BCUT2D eigenvalue weighted by molar-refractivity contribution is -0.121. The molecule has 2 aliphatic rings. The van der Waals surface area contributed by atoms with Gasteiger partial charge in [-0.25, -0.2) is 17.2 Å². The number of anilines is 1. The number of amides is 1. The lowest BCUT2D eigenvalue weighted by Gasteiger charge is -2.27. The second-order valence-corrected chi connectivity index (χ2v) is 9.09. The highest BCUT2D eigenvalue weighted by Crippen LogP contribution is 2.33. The first-order chi connectivity index (χ1) is 13.3. The normalized spacial score (nSPS) is 22.5. The molecule has 1 amide bonds. The van der Waals surface area contributed by atoms with E-state index < -0.39 is 40.5 Å². The molecular formula is C20H20F2N2O3S. The summed E-state index contributed by atoms with van der Waals surface area (Å²) in [6.45, 7) is 1.54. The van der Waals surface area contributed by atoms with Crippen molar-refractivity contribution in [1.29, 1.82) is 0 Å². The molecule has 2 aliphatic heterocycles. The summed E-state index contributed by atoms with van der Waals surface area (Å²) >= 11 is 0. The number of sulfonamides is 1. The molecule has 2 aromatic rings. The maximum Gasteiger partial charge on any atom is 0.245 e. The molecule has 2 heterocycles. The Morgan fingerprint density at radius 3 is 2.68 bits per heavy atom. The van der Waals surface area contributed by atoms with Crippen LogP contribution in [-0.2, 0) is 21.2 Å². The first-order valence-electron chi connectivity index (χ1n) is 9.10. The van der Waals surface area contributed by atoms with Gasteiger partial charge >= 0.3 is 0 Å². The first-order valence-corrected chi connectivity index (χ1v) is 10.5. The summed E-state index contributed by atoms with van der Waals surface area (Å²) in [5.74, 6) is -1.10. The Balaban J connectivity index is 1.67. The summed E-state index contributed by atoms with van der Waals surface area (Å²) in [6, 6.07) is 9.82. The van der Waals surface area contributed by atoms with Gasteiger partial charge in [0.2, 0.25) is 15.9 Å². The van der Waals surface area contributed by atoms with Crippen molar-refractivity contribution in [2.75, 3.05) is 18.0 Å². The van der Waals surface area contributed by atoms with Crippen LogP contribution in [0.3, 0.4) is 0 Å². The molecule has 0 spiro atoms. The SMILES string of the molecule is Cc1ccc(S(=O)(=O)N2C[C@@H](F)C[C@H]2C(=O)N2CCc3ccccc32)cc1F. The standard InChI is InChI=1S/C20H20F2N2O3S/c1-13-6-7-16(11-17(13)22)28(26,27)24-12-15(21)10-19(24)20(25)23-9-8-14-4-2-3-5-18(14)23/h2-7,11,15,19H,8-10,12H2,1H3/t15-,19-/m0/s1. The molecule has 0 saturated carbocycles. The number of para-hydroxylation sites is 1. The highest BCUT2D eigenvalue weighted by atomic mass is 32.2. The maximum absolute atomic E-state index is 14.2. The number of carbonyl (C=O) groups is 1. The van der Waals surface area contributed by atoms with E-state index in [1.165, 1.54) is 24.0 Å². The second kappa shape index (κ2) is 6.93. The zero-order chi connectivity index (χ0) is 20.1. The van der Waals surface area contributed by atoms with Crippen molar-refractivity contribution < 1.29 is 22.0 Å². The molecule has 0 aromatic heterocycles. The van der Waals surface area contributed by atoms with Crippen LogP contribution in [0.4, 0.5) is 14.5 Å². The number of alkyl halides is 1. The fraction of sp³-hybridized carbons (Fsp3) is 0.350. The van der Waals surface area contributed by atoms with Gasteiger partial charge in [0.15, 0.2) is 0 Å². The number of rotatable bonds is 3. The third kappa shape index (κ3) is 3.10. The average molecular weight is 406 g/mol. The fourth-order valence-corrected chi connectivity index (χ4v) is 5.50. The van der Waals surface area contributed by atoms with Crippen LogP contribution in [0.15, 0.2) is 47.4 Å². The second-order valence-electron chi connectivity index (χ2n) is 7.20. The Bertz CT molecular complexity index is 1040. The Morgan fingerprint density at radius 2 is 1.93 bits per heavy atom. The number of aryl methyl sites for hydroxylation is 1. The lowest BCUT2D eigenvalue weighted by Crippen LogP contribution is -2.47. The molecule has 0 bridgehead atoms. The number of nitrogens with zero attached hydrogens (tertiary/aromatic N) is 2. The Labute approximate surface area is 162 Å². The Kier molecular flexibility index (Phi) is 4.71. The summed E-state index contributed by atoms with van der Waals surface area (Å²) in [5.41, 5.74) is 2.04. The molecule has 1 saturated heterocycles. The number of benzene rings is 2. The van der Waals surface area contributed by atoms with Gasteiger partial charge in [-0.1, -0.05) is 24.3 Å². The van der Waals surface area contributed by atoms with Gasteiger partial charge < -0.3 is 4.90 Å². The summed E-state index contributed by atoms with van der Waals surface area (Å²) in [5, 5.41) is 0. The molecule has 0 radical (unpaired) electrons. The Hall–Kier alpha value is -2.32. The van der Waals surface area contributed by atoms with E-state index in [0.717, 1.165) is 21.6 Å². The van der Waals surface area contributed by atoms with Crippen molar-refractivity contribution in [3.8, 4) is 0 Å². The predicted octanol–water partition coefficient (Wildman–Crippen LogP) is 2.82. The van der Waals surface area contributed by atoms with Crippen LogP contribution in [-0.4, -0.2) is 43.9 Å². The van der Waals surface area contributed by atoms with Crippen molar-refractivity contribution in [2.45, 2.75) is 36.9 Å². The molecule has 1 fully saturated rings. The third-order valence-electron chi connectivity index (χ3n) is 5.39. The largest absolute Gasteiger partial charge is 0.310 e. The van der Waals surface area contributed by atoms with Crippen molar-refractivity contribution in [1.82, 2.24) is 4.31 Å². The molecule has 4 rings (SSSR count). The van der Waals surface area contributed by atoms with E-state index in [2.05, 4.69) is 0 Å². The van der Waals surface area contributed by atoms with Crippen LogP contribution >= 0.6 is 0 Å². The number of fused-ring (bicyclic) bond motifs is 1. The first kappa shape index (κ1) is 19.0. The third-order valence-corrected chi connectivity index (χ3v) is 7.26. The molecule has 2 aromatic carbocycles. The van der Waals surface area contributed by atoms with Crippen molar-refractivity contribution in [2.24, 2.45) is 0 Å². The van der Waals surface area contributed by atoms with Crippen LogP contribution in [0, 0.1) is 12.7 Å². The van der Waals surface area contributed by atoms with E-state index >= 15 is 0 Å². The molecule has 28 heavy (non-hydrogen) atoms. The lowest BCUT2D eigenvalue weighted by atomic mass is 10.1. The minimum atomic E-state index is -4.21. The monoisotopic (exact) mass is 406 g/mol. The molecule has 2 atom stereocenters. The number of carbonyl (C=O) groups excluding carboxylic acids is 1. The van der Waals surface area contributed by atoms with Gasteiger partial charge in [0.25, 0.3) is 0 Å². The molecule has 8 heteroatoms.